The third-order valence-corrected chi connectivity index (χ3v) is 5.98. The predicted octanol–water partition coefficient (Wildman–Crippen LogP) is 3.09. The third-order valence-electron chi connectivity index (χ3n) is 5.98. The number of likely N-dealkylation sites (tertiary alicyclic amines) is 2. The molecule has 0 saturated carbocycles. The Morgan fingerprint density at radius 2 is 1.74 bits per heavy atom. The molecule has 2 fully saturated rings. The summed E-state index contributed by atoms with van der Waals surface area (Å²) in [5, 5.41) is 0. The molecule has 1 aromatic carbocycles. The van der Waals surface area contributed by atoms with Crippen LogP contribution in [0.5, 0.6) is 0 Å². The van der Waals surface area contributed by atoms with Gasteiger partial charge in [-0.2, -0.15) is 0 Å². The lowest BCUT2D eigenvalue weighted by molar-refractivity contribution is -0.134. The van der Waals surface area contributed by atoms with E-state index in [-0.39, 0.29) is 11.8 Å². The minimum absolute atomic E-state index is 0.217. The minimum atomic E-state index is 0.217. The van der Waals surface area contributed by atoms with Gasteiger partial charge in [-0.25, -0.2) is 0 Å². The summed E-state index contributed by atoms with van der Waals surface area (Å²) in [6.45, 7) is 3.91. The van der Waals surface area contributed by atoms with Gasteiger partial charge in [0.2, 0.25) is 11.8 Å². The molecule has 0 radical (unpaired) electrons. The van der Waals surface area contributed by atoms with Crippen molar-refractivity contribution in [2.24, 2.45) is 11.8 Å². The number of amides is 2. The van der Waals surface area contributed by atoms with Crippen LogP contribution in [0, 0.1) is 11.8 Å². The Kier molecular flexibility index (Phi) is 7.27. The van der Waals surface area contributed by atoms with Gasteiger partial charge in [-0.3, -0.25) is 9.59 Å². The van der Waals surface area contributed by atoms with Crippen molar-refractivity contribution in [2.75, 3.05) is 33.4 Å². The van der Waals surface area contributed by atoms with Crippen LogP contribution in [0.25, 0.3) is 0 Å². The van der Waals surface area contributed by atoms with Gasteiger partial charge in [0.05, 0.1) is 0 Å². The average molecular weight is 373 g/mol. The lowest BCUT2D eigenvalue weighted by atomic mass is 9.94. The first-order valence-corrected chi connectivity index (χ1v) is 10.2. The first kappa shape index (κ1) is 19.9. The monoisotopic (exact) mass is 372 g/mol. The summed E-state index contributed by atoms with van der Waals surface area (Å²) >= 11 is 0. The molecule has 0 aliphatic carbocycles. The van der Waals surface area contributed by atoms with Crippen LogP contribution < -0.4 is 0 Å². The van der Waals surface area contributed by atoms with Gasteiger partial charge in [0.1, 0.15) is 0 Å². The van der Waals surface area contributed by atoms with Crippen molar-refractivity contribution in [1.82, 2.24) is 9.80 Å². The van der Waals surface area contributed by atoms with Gasteiger partial charge in [0.15, 0.2) is 0 Å². The van der Waals surface area contributed by atoms with Crippen molar-refractivity contribution < 1.29 is 14.3 Å². The highest BCUT2D eigenvalue weighted by molar-refractivity contribution is 5.78. The zero-order chi connectivity index (χ0) is 19.1. The van der Waals surface area contributed by atoms with Gasteiger partial charge in [0.25, 0.3) is 0 Å². The second kappa shape index (κ2) is 9.88. The Bertz CT molecular complexity index is 611. The van der Waals surface area contributed by atoms with E-state index in [0.29, 0.717) is 31.2 Å². The first-order chi connectivity index (χ1) is 13.2. The molecule has 2 amide bonds. The second-order valence-corrected chi connectivity index (χ2v) is 7.98. The highest BCUT2D eigenvalue weighted by Crippen LogP contribution is 2.25. The molecular formula is C22H32N2O3. The highest BCUT2D eigenvalue weighted by atomic mass is 16.5. The number of rotatable bonds is 6. The van der Waals surface area contributed by atoms with E-state index in [1.165, 1.54) is 5.56 Å². The van der Waals surface area contributed by atoms with Gasteiger partial charge in [-0.05, 0) is 43.1 Å². The number of carbonyl (C=O) groups is 2. The topological polar surface area (TPSA) is 49.9 Å². The van der Waals surface area contributed by atoms with Crippen molar-refractivity contribution in [2.45, 2.75) is 45.1 Å². The summed E-state index contributed by atoms with van der Waals surface area (Å²) in [7, 11) is 1.74. The summed E-state index contributed by atoms with van der Waals surface area (Å²) < 4.78 is 5.24. The van der Waals surface area contributed by atoms with E-state index in [4.69, 9.17) is 4.74 Å². The van der Waals surface area contributed by atoms with Gasteiger partial charge >= 0.3 is 0 Å². The van der Waals surface area contributed by atoms with E-state index >= 15 is 0 Å². The second-order valence-electron chi connectivity index (χ2n) is 7.98. The largest absolute Gasteiger partial charge is 0.384 e. The number of hydrogen-bond donors (Lipinski definition) is 0. The summed E-state index contributed by atoms with van der Waals surface area (Å²) in [4.78, 5) is 29.1. The predicted molar refractivity (Wildman–Crippen MR) is 105 cm³/mol. The van der Waals surface area contributed by atoms with E-state index in [2.05, 4.69) is 12.1 Å². The van der Waals surface area contributed by atoms with Crippen LogP contribution in [0.15, 0.2) is 30.3 Å². The zero-order valence-electron chi connectivity index (χ0n) is 16.4. The lowest BCUT2D eigenvalue weighted by Gasteiger charge is -2.32. The number of hydrogen-bond acceptors (Lipinski definition) is 3. The molecule has 1 aromatic rings. The number of ether oxygens (including phenoxy) is 1. The minimum Gasteiger partial charge on any atom is -0.384 e. The van der Waals surface area contributed by atoms with E-state index in [1.807, 2.05) is 28.0 Å². The van der Waals surface area contributed by atoms with Crippen molar-refractivity contribution >= 4 is 11.8 Å². The third kappa shape index (κ3) is 5.80. The Morgan fingerprint density at radius 3 is 2.44 bits per heavy atom. The quantitative estimate of drug-likeness (QED) is 0.771. The molecule has 0 bridgehead atoms. The summed E-state index contributed by atoms with van der Waals surface area (Å²) in [5.41, 5.74) is 1.17. The Labute approximate surface area is 162 Å². The molecule has 2 aliphatic rings. The van der Waals surface area contributed by atoms with Crippen LogP contribution in [0.1, 0.15) is 44.1 Å². The molecule has 5 nitrogen and oxygen atoms in total. The molecule has 3 rings (SSSR count). The molecule has 1 atom stereocenters. The smallest absolute Gasteiger partial charge is 0.222 e. The molecule has 5 heteroatoms. The van der Waals surface area contributed by atoms with Crippen LogP contribution in [-0.4, -0.2) is 55.0 Å². The van der Waals surface area contributed by atoms with Gasteiger partial charge in [-0.15, -0.1) is 0 Å². The Morgan fingerprint density at radius 1 is 1.04 bits per heavy atom. The molecule has 0 aromatic heterocycles. The Hall–Kier alpha value is -1.88. The maximum atomic E-state index is 12.7. The van der Waals surface area contributed by atoms with E-state index in [1.54, 1.807) is 7.11 Å². The standard InChI is InChI=1S/C22H32N2O3/c1-27-17-20-10-12-23(13-11-20)22(26)15-18-7-8-21(25)24(14-9-18)16-19-5-3-2-4-6-19/h2-6,18,20H,7-17H2,1H3. The molecule has 1 unspecified atom stereocenters. The van der Waals surface area contributed by atoms with Gasteiger partial charge in [-0.1, -0.05) is 30.3 Å². The van der Waals surface area contributed by atoms with Crippen LogP contribution in [0.2, 0.25) is 0 Å². The fraction of sp³-hybridized carbons (Fsp3) is 0.636. The number of nitrogens with zero attached hydrogens (tertiary/aromatic N) is 2. The van der Waals surface area contributed by atoms with Crippen molar-refractivity contribution in [3.05, 3.63) is 35.9 Å². The summed E-state index contributed by atoms with van der Waals surface area (Å²) in [6, 6.07) is 10.1. The SMILES string of the molecule is COCC1CCN(C(=O)CC2CCC(=O)N(Cc3ccccc3)CC2)CC1. The summed E-state index contributed by atoms with van der Waals surface area (Å²) in [6.07, 6.45) is 4.96. The van der Waals surface area contributed by atoms with Crippen molar-refractivity contribution in [3.8, 4) is 0 Å². The lowest BCUT2D eigenvalue weighted by Crippen LogP contribution is -2.40. The highest BCUT2D eigenvalue weighted by Gasteiger charge is 2.27. The van der Waals surface area contributed by atoms with Gasteiger partial charge < -0.3 is 14.5 Å². The molecule has 148 valence electrons. The molecular weight excluding hydrogens is 340 g/mol. The van der Waals surface area contributed by atoms with E-state index in [9.17, 15) is 9.59 Å². The normalized spacial score (nSPS) is 22.0. The number of carbonyl (C=O) groups excluding carboxylic acids is 2. The molecule has 2 saturated heterocycles. The number of methoxy groups -OCH3 is 1. The average Bonchev–Trinajstić information content (AvgIpc) is 2.86. The number of benzene rings is 1. The fourth-order valence-corrected chi connectivity index (χ4v) is 4.23. The molecule has 2 heterocycles. The van der Waals surface area contributed by atoms with Crippen LogP contribution in [0.4, 0.5) is 0 Å². The Balaban J connectivity index is 1.46. The zero-order valence-corrected chi connectivity index (χ0v) is 16.4. The summed E-state index contributed by atoms with van der Waals surface area (Å²) in [5.74, 6) is 1.38. The van der Waals surface area contributed by atoms with Crippen LogP contribution in [0.3, 0.4) is 0 Å². The maximum absolute atomic E-state index is 12.7. The molecule has 0 N–H and O–H groups in total. The molecule has 2 aliphatic heterocycles. The first-order valence-electron chi connectivity index (χ1n) is 10.2. The van der Waals surface area contributed by atoms with Crippen molar-refractivity contribution in [3.63, 3.8) is 0 Å². The van der Waals surface area contributed by atoms with Gasteiger partial charge in [0, 0.05) is 52.7 Å². The number of piperidine rings is 1. The maximum Gasteiger partial charge on any atom is 0.222 e. The van der Waals surface area contributed by atoms with E-state index < -0.39 is 0 Å². The van der Waals surface area contributed by atoms with Crippen molar-refractivity contribution in [1.29, 1.82) is 0 Å². The molecule has 0 spiro atoms. The molecule has 27 heavy (non-hydrogen) atoms. The van der Waals surface area contributed by atoms with Crippen LogP contribution in [-0.2, 0) is 20.9 Å². The fourth-order valence-electron chi connectivity index (χ4n) is 4.23. The van der Waals surface area contributed by atoms with E-state index in [0.717, 1.165) is 51.9 Å². The van der Waals surface area contributed by atoms with Crippen LogP contribution >= 0.6 is 0 Å².